The number of rotatable bonds is 9. The van der Waals surface area contributed by atoms with E-state index in [2.05, 4.69) is 22.4 Å². The van der Waals surface area contributed by atoms with Gasteiger partial charge in [-0.2, -0.15) is 0 Å². The molecule has 1 N–H and O–H groups in total. The number of hydrogen-bond donors (Lipinski definition) is 1. The summed E-state index contributed by atoms with van der Waals surface area (Å²) < 4.78 is 19.0. The molecule has 0 atom stereocenters. The Morgan fingerprint density at radius 1 is 0.853 bits per heavy atom. The van der Waals surface area contributed by atoms with Gasteiger partial charge in [0.05, 0.1) is 12.2 Å². The molecule has 0 fully saturated rings. The number of nitrogens with zero attached hydrogens (tertiary/aromatic N) is 2. The quantitative estimate of drug-likeness (QED) is 0.326. The fourth-order valence-corrected chi connectivity index (χ4v) is 3.49. The van der Waals surface area contributed by atoms with Gasteiger partial charge in [0.15, 0.2) is 0 Å². The molecular formula is C28H26FN3O2. The lowest BCUT2D eigenvalue weighted by molar-refractivity contribution is 0.146. The lowest BCUT2D eigenvalue weighted by Crippen LogP contribution is -2.31. The van der Waals surface area contributed by atoms with Gasteiger partial charge in [-0.3, -0.25) is 4.90 Å². The average molecular weight is 456 g/mol. The van der Waals surface area contributed by atoms with Crippen LogP contribution in [-0.4, -0.2) is 17.6 Å². The van der Waals surface area contributed by atoms with Gasteiger partial charge in [-0.05, 0) is 41.3 Å². The first kappa shape index (κ1) is 23.0. The van der Waals surface area contributed by atoms with Crippen LogP contribution in [0.1, 0.15) is 16.7 Å². The number of carbonyl (C=O) groups excluding carboxylic acids is 1. The van der Waals surface area contributed by atoms with Crippen LogP contribution < -0.4 is 10.2 Å². The van der Waals surface area contributed by atoms with Crippen LogP contribution in [0.15, 0.2) is 103 Å². The number of anilines is 2. The van der Waals surface area contributed by atoms with Gasteiger partial charge >= 0.3 is 6.09 Å². The van der Waals surface area contributed by atoms with E-state index in [-0.39, 0.29) is 19.0 Å². The van der Waals surface area contributed by atoms with E-state index >= 15 is 0 Å². The number of halogens is 1. The summed E-state index contributed by atoms with van der Waals surface area (Å²) in [7, 11) is 0. The topological polar surface area (TPSA) is 54.5 Å². The number of pyridine rings is 1. The normalized spacial score (nSPS) is 10.5. The van der Waals surface area contributed by atoms with Crippen LogP contribution in [0.3, 0.4) is 0 Å². The van der Waals surface area contributed by atoms with Crippen molar-refractivity contribution >= 4 is 17.6 Å². The van der Waals surface area contributed by atoms with Gasteiger partial charge < -0.3 is 10.1 Å². The number of aromatic nitrogens is 1. The minimum atomic E-state index is -0.491. The van der Waals surface area contributed by atoms with Crippen molar-refractivity contribution in [3.05, 3.63) is 126 Å². The highest BCUT2D eigenvalue weighted by Crippen LogP contribution is 2.22. The Kier molecular flexibility index (Phi) is 7.85. The molecule has 1 heterocycles. The number of carbonyl (C=O) groups is 1. The molecule has 0 aliphatic carbocycles. The molecule has 0 aliphatic rings. The highest BCUT2D eigenvalue weighted by molar-refractivity contribution is 5.88. The van der Waals surface area contributed by atoms with Gasteiger partial charge in [0.1, 0.15) is 18.2 Å². The second kappa shape index (κ2) is 11.6. The summed E-state index contributed by atoms with van der Waals surface area (Å²) in [6.07, 6.45) is 2.02. The standard InChI is InChI=1S/C28H26FN3O2/c29-25-13-11-23(12-14-25)20-32(28(33)34-21-24-9-5-2-6-10-24)26-16-18-31-27(19-26)30-17-15-22-7-3-1-4-8-22/h1-14,16,18-19H,15,17,20-21H2,(H,30,31). The summed E-state index contributed by atoms with van der Waals surface area (Å²) in [5, 5.41) is 3.32. The van der Waals surface area contributed by atoms with Crippen LogP contribution in [0.2, 0.25) is 0 Å². The SMILES string of the molecule is O=C(OCc1ccccc1)N(Cc1ccc(F)cc1)c1ccnc(NCCc2ccccc2)c1. The van der Waals surface area contributed by atoms with E-state index < -0.39 is 6.09 Å². The molecule has 34 heavy (non-hydrogen) atoms. The summed E-state index contributed by atoms with van der Waals surface area (Å²) in [4.78, 5) is 19.0. The average Bonchev–Trinajstić information content (AvgIpc) is 2.88. The molecule has 1 amide bonds. The summed E-state index contributed by atoms with van der Waals surface area (Å²) in [6.45, 7) is 1.10. The van der Waals surface area contributed by atoms with Crippen molar-refractivity contribution in [2.75, 3.05) is 16.8 Å². The maximum atomic E-state index is 13.4. The van der Waals surface area contributed by atoms with Crippen LogP contribution in [-0.2, 0) is 24.3 Å². The van der Waals surface area contributed by atoms with E-state index in [1.807, 2.05) is 54.6 Å². The Morgan fingerprint density at radius 3 is 2.24 bits per heavy atom. The Balaban J connectivity index is 1.48. The first-order valence-electron chi connectivity index (χ1n) is 11.1. The number of nitrogens with one attached hydrogen (secondary N) is 1. The Morgan fingerprint density at radius 2 is 1.53 bits per heavy atom. The number of benzene rings is 3. The van der Waals surface area contributed by atoms with Crippen molar-refractivity contribution in [3.8, 4) is 0 Å². The maximum Gasteiger partial charge on any atom is 0.414 e. The molecule has 5 nitrogen and oxygen atoms in total. The number of ether oxygens (including phenoxy) is 1. The zero-order valence-electron chi connectivity index (χ0n) is 18.7. The lowest BCUT2D eigenvalue weighted by Gasteiger charge is -2.23. The largest absolute Gasteiger partial charge is 0.444 e. The summed E-state index contributed by atoms with van der Waals surface area (Å²) >= 11 is 0. The van der Waals surface area contributed by atoms with Crippen LogP contribution >= 0.6 is 0 Å². The zero-order chi connectivity index (χ0) is 23.6. The second-order valence-electron chi connectivity index (χ2n) is 7.81. The third-order valence-electron chi connectivity index (χ3n) is 5.30. The highest BCUT2D eigenvalue weighted by Gasteiger charge is 2.19. The molecule has 0 bridgehead atoms. The van der Waals surface area contributed by atoms with Crippen molar-refractivity contribution in [1.29, 1.82) is 0 Å². The fraction of sp³-hybridized carbons (Fsp3) is 0.143. The molecule has 1 aromatic heterocycles. The van der Waals surface area contributed by atoms with Gasteiger partial charge in [-0.15, -0.1) is 0 Å². The number of amides is 1. The van der Waals surface area contributed by atoms with Gasteiger partial charge in [-0.25, -0.2) is 14.2 Å². The van der Waals surface area contributed by atoms with Crippen molar-refractivity contribution in [2.24, 2.45) is 0 Å². The third-order valence-corrected chi connectivity index (χ3v) is 5.30. The summed E-state index contributed by atoms with van der Waals surface area (Å²) in [5.74, 6) is 0.337. The van der Waals surface area contributed by atoms with Crippen LogP contribution in [0.4, 0.5) is 20.7 Å². The molecule has 4 aromatic rings. The lowest BCUT2D eigenvalue weighted by atomic mass is 10.1. The smallest absolute Gasteiger partial charge is 0.414 e. The monoisotopic (exact) mass is 455 g/mol. The number of hydrogen-bond acceptors (Lipinski definition) is 4. The molecular weight excluding hydrogens is 429 g/mol. The summed E-state index contributed by atoms with van der Waals surface area (Å²) in [5.41, 5.74) is 3.55. The molecule has 3 aromatic carbocycles. The maximum absolute atomic E-state index is 13.4. The van der Waals surface area contributed by atoms with E-state index in [9.17, 15) is 9.18 Å². The Hall–Kier alpha value is -4.19. The van der Waals surface area contributed by atoms with E-state index in [0.717, 1.165) is 17.5 Å². The molecule has 0 aliphatic heterocycles. The van der Waals surface area contributed by atoms with Crippen LogP contribution in [0.25, 0.3) is 0 Å². The highest BCUT2D eigenvalue weighted by atomic mass is 19.1. The van der Waals surface area contributed by atoms with E-state index in [1.165, 1.54) is 22.6 Å². The molecule has 0 unspecified atom stereocenters. The second-order valence-corrected chi connectivity index (χ2v) is 7.81. The van der Waals surface area contributed by atoms with Crippen molar-refractivity contribution in [1.82, 2.24) is 4.98 Å². The molecule has 4 rings (SSSR count). The zero-order valence-corrected chi connectivity index (χ0v) is 18.7. The first-order valence-corrected chi connectivity index (χ1v) is 11.1. The summed E-state index contributed by atoms with van der Waals surface area (Å²) in [6, 6.07) is 29.4. The van der Waals surface area contributed by atoms with Crippen molar-refractivity contribution in [2.45, 2.75) is 19.6 Å². The van der Waals surface area contributed by atoms with E-state index in [1.54, 1.807) is 24.4 Å². The predicted octanol–water partition coefficient (Wildman–Crippen LogP) is 6.22. The van der Waals surface area contributed by atoms with Gasteiger partial charge in [0.2, 0.25) is 0 Å². The molecule has 6 heteroatoms. The molecule has 0 saturated carbocycles. The minimum Gasteiger partial charge on any atom is -0.444 e. The molecule has 0 spiro atoms. The molecule has 172 valence electrons. The fourth-order valence-electron chi connectivity index (χ4n) is 3.49. The van der Waals surface area contributed by atoms with Crippen molar-refractivity contribution < 1.29 is 13.9 Å². The van der Waals surface area contributed by atoms with Gasteiger partial charge in [0.25, 0.3) is 0 Å². The predicted molar refractivity (Wildman–Crippen MR) is 132 cm³/mol. The van der Waals surface area contributed by atoms with Crippen LogP contribution in [0.5, 0.6) is 0 Å². The first-order chi connectivity index (χ1) is 16.7. The molecule has 0 radical (unpaired) electrons. The minimum absolute atomic E-state index is 0.160. The van der Waals surface area contributed by atoms with E-state index in [4.69, 9.17) is 4.74 Å². The van der Waals surface area contributed by atoms with E-state index in [0.29, 0.717) is 18.1 Å². The van der Waals surface area contributed by atoms with Crippen LogP contribution in [0, 0.1) is 5.82 Å². The van der Waals surface area contributed by atoms with Crippen molar-refractivity contribution in [3.63, 3.8) is 0 Å². The third kappa shape index (κ3) is 6.65. The van der Waals surface area contributed by atoms with Gasteiger partial charge in [0, 0.05) is 18.8 Å². The molecule has 0 saturated heterocycles. The Labute approximate surface area is 198 Å². The Bertz CT molecular complexity index is 1190. The van der Waals surface area contributed by atoms with Gasteiger partial charge in [-0.1, -0.05) is 72.8 Å².